The van der Waals surface area contributed by atoms with Crippen molar-refractivity contribution in [2.75, 3.05) is 37.6 Å². The predicted octanol–water partition coefficient (Wildman–Crippen LogP) is 1.41. The molecule has 26 heavy (non-hydrogen) atoms. The molecule has 3 rings (SSSR count). The average Bonchev–Trinajstić information content (AvgIpc) is 2.66. The summed E-state index contributed by atoms with van der Waals surface area (Å²) in [6, 6.07) is -0.354. The Morgan fingerprint density at radius 1 is 1.19 bits per heavy atom. The van der Waals surface area contributed by atoms with Crippen LogP contribution in [0.1, 0.15) is 33.6 Å². The largest absolute Gasteiger partial charge is 0.355 e. The van der Waals surface area contributed by atoms with Gasteiger partial charge in [0.1, 0.15) is 11.9 Å². The first-order valence-corrected chi connectivity index (χ1v) is 9.57. The van der Waals surface area contributed by atoms with Crippen molar-refractivity contribution in [2.45, 2.75) is 39.7 Å². The summed E-state index contributed by atoms with van der Waals surface area (Å²) < 4.78 is 0. The summed E-state index contributed by atoms with van der Waals surface area (Å²) in [5, 5.41) is 0. The predicted molar refractivity (Wildman–Crippen MR) is 99.6 cm³/mol. The van der Waals surface area contributed by atoms with Crippen LogP contribution >= 0.6 is 0 Å². The van der Waals surface area contributed by atoms with E-state index in [1.807, 2.05) is 11.8 Å². The number of piperidine rings is 1. The minimum absolute atomic E-state index is 0.00480. The second kappa shape index (κ2) is 8.01. The lowest BCUT2D eigenvalue weighted by molar-refractivity contribution is -0.153. The van der Waals surface area contributed by atoms with Gasteiger partial charge in [-0.3, -0.25) is 14.6 Å². The van der Waals surface area contributed by atoms with Crippen LogP contribution in [0.2, 0.25) is 0 Å². The van der Waals surface area contributed by atoms with Crippen molar-refractivity contribution in [3.63, 3.8) is 0 Å². The summed E-state index contributed by atoms with van der Waals surface area (Å²) in [4.78, 5) is 39.9. The van der Waals surface area contributed by atoms with Crippen LogP contribution in [0.4, 0.5) is 5.82 Å². The molecule has 0 spiro atoms. The molecule has 0 aliphatic carbocycles. The van der Waals surface area contributed by atoms with Crippen molar-refractivity contribution in [1.82, 2.24) is 19.8 Å². The highest BCUT2D eigenvalue weighted by atomic mass is 16.2. The van der Waals surface area contributed by atoms with Crippen molar-refractivity contribution < 1.29 is 9.59 Å². The van der Waals surface area contributed by atoms with Gasteiger partial charge in [0.2, 0.25) is 11.8 Å². The number of anilines is 1. The summed E-state index contributed by atoms with van der Waals surface area (Å²) in [7, 11) is 0. The minimum atomic E-state index is -0.354. The third-order valence-corrected chi connectivity index (χ3v) is 5.33. The fraction of sp³-hybridized carbons (Fsp3) is 0.684. The van der Waals surface area contributed by atoms with Gasteiger partial charge in [0.15, 0.2) is 0 Å². The molecule has 2 amide bonds. The van der Waals surface area contributed by atoms with Crippen LogP contribution in [0.3, 0.4) is 0 Å². The molecule has 0 bridgehead atoms. The van der Waals surface area contributed by atoms with Gasteiger partial charge in [-0.1, -0.05) is 13.8 Å². The molecule has 142 valence electrons. The zero-order chi connectivity index (χ0) is 18.7. The Balaban J connectivity index is 1.56. The van der Waals surface area contributed by atoms with Crippen LogP contribution in [0, 0.1) is 11.8 Å². The Morgan fingerprint density at radius 2 is 1.92 bits per heavy atom. The Kier molecular flexibility index (Phi) is 5.74. The van der Waals surface area contributed by atoms with E-state index in [1.54, 1.807) is 23.5 Å². The van der Waals surface area contributed by atoms with Crippen LogP contribution in [-0.4, -0.2) is 70.3 Å². The second-order valence-corrected chi connectivity index (χ2v) is 7.71. The van der Waals surface area contributed by atoms with Crippen LogP contribution < -0.4 is 4.90 Å². The van der Waals surface area contributed by atoms with Crippen molar-refractivity contribution in [3.8, 4) is 0 Å². The maximum Gasteiger partial charge on any atom is 0.245 e. The van der Waals surface area contributed by atoms with Gasteiger partial charge in [-0.15, -0.1) is 0 Å². The highest BCUT2D eigenvalue weighted by Crippen LogP contribution is 2.25. The molecular formula is C19H29N5O2. The Morgan fingerprint density at radius 3 is 2.54 bits per heavy atom. The molecule has 1 aromatic rings. The topological polar surface area (TPSA) is 69.6 Å². The van der Waals surface area contributed by atoms with Gasteiger partial charge in [0.25, 0.3) is 0 Å². The van der Waals surface area contributed by atoms with Crippen molar-refractivity contribution in [2.24, 2.45) is 11.8 Å². The normalized spacial score (nSPS) is 22.2. The monoisotopic (exact) mass is 359 g/mol. The van der Waals surface area contributed by atoms with Gasteiger partial charge in [-0.05, 0) is 25.7 Å². The molecule has 3 heterocycles. The SMILES string of the molecule is CC(C)CN1CCN(C(=O)C2CCN(c3cnccn3)CC2)C(C)C1=O. The summed E-state index contributed by atoms with van der Waals surface area (Å²) in [6.45, 7) is 9.73. The fourth-order valence-electron chi connectivity index (χ4n) is 3.90. The van der Waals surface area contributed by atoms with Crippen LogP contribution in [0.15, 0.2) is 18.6 Å². The first-order valence-electron chi connectivity index (χ1n) is 9.57. The number of rotatable bonds is 4. The number of amides is 2. The highest BCUT2D eigenvalue weighted by Gasteiger charge is 2.38. The Hall–Kier alpha value is -2.18. The van der Waals surface area contributed by atoms with E-state index in [9.17, 15) is 9.59 Å². The third-order valence-electron chi connectivity index (χ3n) is 5.33. The molecule has 2 aliphatic rings. The highest BCUT2D eigenvalue weighted by molar-refractivity contribution is 5.89. The molecule has 7 nitrogen and oxygen atoms in total. The lowest BCUT2D eigenvalue weighted by Crippen LogP contribution is -2.59. The summed E-state index contributed by atoms with van der Waals surface area (Å²) in [6.07, 6.45) is 6.70. The minimum Gasteiger partial charge on any atom is -0.355 e. The number of nitrogens with zero attached hydrogens (tertiary/aromatic N) is 5. The van der Waals surface area contributed by atoms with Gasteiger partial charge in [-0.25, -0.2) is 4.98 Å². The average molecular weight is 359 g/mol. The zero-order valence-electron chi connectivity index (χ0n) is 16.0. The number of hydrogen-bond acceptors (Lipinski definition) is 5. The number of carbonyl (C=O) groups is 2. The zero-order valence-corrected chi connectivity index (χ0v) is 16.0. The molecule has 2 aliphatic heterocycles. The Bertz CT molecular complexity index is 628. The van der Waals surface area contributed by atoms with Gasteiger partial charge < -0.3 is 14.7 Å². The number of carbonyl (C=O) groups excluding carboxylic acids is 2. The van der Waals surface area contributed by atoms with Crippen molar-refractivity contribution in [1.29, 1.82) is 0 Å². The van der Waals surface area contributed by atoms with E-state index < -0.39 is 0 Å². The van der Waals surface area contributed by atoms with E-state index >= 15 is 0 Å². The molecular weight excluding hydrogens is 330 g/mol. The van der Waals surface area contributed by atoms with Crippen LogP contribution in [-0.2, 0) is 9.59 Å². The maximum atomic E-state index is 13.0. The van der Waals surface area contributed by atoms with E-state index in [2.05, 4.69) is 28.7 Å². The van der Waals surface area contributed by atoms with E-state index in [0.717, 1.165) is 38.3 Å². The number of hydrogen-bond donors (Lipinski definition) is 0. The van der Waals surface area contributed by atoms with Crippen LogP contribution in [0.5, 0.6) is 0 Å². The lowest BCUT2D eigenvalue weighted by atomic mass is 9.94. The summed E-state index contributed by atoms with van der Waals surface area (Å²) in [5.41, 5.74) is 0. The lowest BCUT2D eigenvalue weighted by Gasteiger charge is -2.42. The van der Waals surface area contributed by atoms with Gasteiger partial charge >= 0.3 is 0 Å². The van der Waals surface area contributed by atoms with E-state index in [-0.39, 0.29) is 23.8 Å². The molecule has 0 aromatic carbocycles. The smallest absolute Gasteiger partial charge is 0.245 e. The summed E-state index contributed by atoms with van der Waals surface area (Å²) >= 11 is 0. The Labute approximate surface area is 155 Å². The molecule has 0 saturated carbocycles. The molecule has 7 heteroatoms. The summed E-state index contributed by atoms with van der Waals surface area (Å²) in [5.74, 6) is 1.52. The first-order chi connectivity index (χ1) is 12.5. The number of piperazine rings is 1. The molecule has 0 N–H and O–H groups in total. The van der Waals surface area contributed by atoms with Crippen LogP contribution in [0.25, 0.3) is 0 Å². The third kappa shape index (κ3) is 3.97. The van der Waals surface area contributed by atoms with E-state index in [1.165, 1.54) is 0 Å². The quantitative estimate of drug-likeness (QED) is 0.813. The first kappa shape index (κ1) is 18.6. The van der Waals surface area contributed by atoms with Gasteiger partial charge in [0, 0.05) is 51.0 Å². The molecule has 2 fully saturated rings. The van der Waals surface area contributed by atoms with Gasteiger partial charge in [-0.2, -0.15) is 0 Å². The molecule has 1 unspecified atom stereocenters. The maximum absolute atomic E-state index is 13.0. The van der Waals surface area contributed by atoms with E-state index in [0.29, 0.717) is 19.0 Å². The van der Waals surface area contributed by atoms with Crippen molar-refractivity contribution >= 4 is 17.6 Å². The molecule has 2 saturated heterocycles. The van der Waals surface area contributed by atoms with Crippen molar-refractivity contribution in [3.05, 3.63) is 18.6 Å². The second-order valence-electron chi connectivity index (χ2n) is 7.71. The molecule has 0 radical (unpaired) electrons. The fourth-order valence-corrected chi connectivity index (χ4v) is 3.90. The molecule has 1 aromatic heterocycles. The van der Waals surface area contributed by atoms with Gasteiger partial charge in [0.05, 0.1) is 6.20 Å². The number of aromatic nitrogens is 2. The molecule has 1 atom stereocenters. The standard InChI is InChI=1S/C19H29N5O2/c1-14(2)13-23-10-11-24(15(3)18(23)25)19(26)16-4-8-22(9-5-16)17-12-20-6-7-21-17/h6-7,12,14-16H,4-5,8-11,13H2,1-3H3. The van der Waals surface area contributed by atoms with E-state index in [4.69, 9.17) is 0 Å².